The van der Waals surface area contributed by atoms with Crippen LogP contribution in [0.4, 0.5) is 20.2 Å². The van der Waals surface area contributed by atoms with Crippen LogP contribution >= 0.6 is 0 Å². The summed E-state index contributed by atoms with van der Waals surface area (Å²) in [7, 11) is 0. The molecule has 0 bridgehead atoms. The fraction of sp³-hybridized carbons (Fsp3) is 0. The molecule has 0 aliphatic heterocycles. The Morgan fingerprint density at radius 2 is 1.75 bits per heavy atom. The predicted octanol–water partition coefficient (Wildman–Crippen LogP) is 2.21. The lowest BCUT2D eigenvalue weighted by Crippen LogP contribution is -2.13. The van der Waals surface area contributed by atoms with Crippen molar-refractivity contribution in [1.29, 1.82) is 0 Å². The van der Waals surface area contributed by atoms with Crippen LogP contribution in [0.25, 0.3) is 0 Å². The van der Waals surface area contributed by atoms with E-state index in [-0.39, 0.29) is 16.9 Å². The number of nitrogens with one attached hydrogen (secondary N) is 1. The van der Waals surface area contributed by atoms with Crippen LogP contribution < -0.4 is 11.1 Å². The van der Waals surface area contributed by atoms with Gasteiger partial charge in [0, 0.05) is 11.6 Å². The summed E-state index contributed by atoms with van der Waals surface area (Å²) in [6.45, 7) is 0. The van der Waals surface area contributed by atoms with E-state index < -0.39 is 29.0 Å². The van der Waals surface area contributed by atoms with Gasteiger partial charge in [-0.25, -0.2) is 8.78 Å². The minimum absolute atomic E-state index is 0.0115. The summed E-state index contributed by atoms with van der Waals surface area (Å²) in [5.41, 5.74) is 4.67. The number of amides is 1. The number of carbonyl (C=O) groups is 1. The number of hydrogen-bond acceptors (Lipinski definition) is 4. The highest BCUT2D eigenvalue weighted by atomic mass is 19.1. The van der Waals surface area contributed by atoms with Crippen molar-refractivity contribution in [2.24, 2.45) is 0 Å². The van der Waals surface area contributed by atoms with Crippen molar-refractivity contribution < 1.29 is 23.8 Å². The molecule has 1 amide bonds. The molecular weight excluding hydrogens is 270 g/mol. The molecule has 0 fully saturated rings. The molecule has 0 saturated carbocycles. The van der Waals surface area contributed by atoms with Gasteiger partial charge < -0.3 is 21.3 Å². The topological polar surface area (TPSA) is 95.6 Å². The van der Waals surface area contributed by atoms with Gasteiger partial charge in [-0.1, -0.05) is 0 Å². The lowest BCUT2D eigenvalue weighted by molar-refractivity contribution is 0.102. The minimum atomic E-state index is -0.979. The van der Waals surface area contributed by atoms with Gasteiger partial charge in [0.2, 0.25) is 0 Å². The zero-order chi connectivity index (χ0) is 14.9. The maximum Gasteiger partial charge on any atom is 0.255 e. The molecule has 0 radical (unpaired) electrons. The summed E-state index contributed by atoms with van der Waals surface area (Å²) in [6.07, 6.45) is 0. The van der Waals surface area contributed by atoms with E-state index in [4.69, 9.17) is 10.8 Å². The molecule has 0 aromatic heterocycles. The van der Waals surface area contributed by atoms with Gasteiger partial charge in [-0.2, -0.15) is 0 Å². The molecule has 0 aliphatic rings. The number of aromatic hydroxyl groups is 2. The van der Waals surface area contributed by atoms with E-state index in [0.717, 1.165) is 18.2 Å². The molecule has 0 heterocycles. The van der Waals surface area contributed by atoms with Gasteiger partial charge in [-0.3, -0.25) is 4.79 Å². The van der Waals surface area contributed by atoms with Gasteiger partial charge in [0.05, 0.1) is 11.4 Å². The molecule has 7 heteroatoms. The normalized spacial score (nSPS) is 10.3. The van der Waals surface area contributed by atoms with E-state index in [1.807, 2.05) is 0 Å². The van der Waals surface area contributed by atoms with E-state index >= 15 is 0 Å². The molecule has 0 spiro atoms. The SMILES string of the molecule is Nc1cc(NC(=O)c2ccc(O)c(O)c2)c(F)cc1F. The number of carbonyl (C=O) groups excluding carboxylic acids is 1. The van der Waals surface area contributed by atoms with Gasteiger partial charge >= 0.3 is 0 Å². The molecule has 2 aromatic rings. The smallest absolute Gasteiger partial charge is 0.255 e. The van der Waals surface area contributed by atoms with Gasteiger partial charge in [-0.15, -0.1) is 0 Å². The van der Waals surface area contributed by atoms with Gasteiger partial charge in [-0.05, 0) is 24.3 Å². The van der Waals surface area contributed by atoms with Crippen molar-refractivity contribution >= 4 is 17.3 Å². The van der Waals surface area contributed by atoms with Crippen LogP contribution in [0.3, 0.4) is 0 Å². The van der Waals surface area contributed by atoms with Crippen molar-refractivity contribution in [2.45, 2.75) is 0 Å². The number of halogens is 2. The third-order valence-corrected chi connectivity index (χ3v) is 2.57. The molecule has 104 valence electrons. The van der Waals surface area contributed by atoms with Gasteiger partial charge in [0.1, 0.15) is 11.6 Å². The second-order valence-electron chi connectivity index (χ2n) is 4.01. The van der Waals surface area contributed by atoms with E-state index in [1.54, 1.807) is 0 Å². The first-order valence-electron chi connectivity index (χ1n) is 5.46. The molecule has 0 atom stereocenters. The molecule has 0 saturated heterocycles. The predicted molar refractivity (Wildman–Crippen MR) is 68.5 cm³/mol. The number of anilines is 2. The highest BCUT2D eigenvalue weighted by molar-refractivity contribution is 6.04. The van der Waals surface area contributed by atoms with Crippen LogP contribution in [-0.4, -0.2) is 16.1 Å². The summed E-state index contributed by atoms with van der Waals surface area (Å²) < 4.78 is 26.4. The highest BCUT2D eigenvalue weighted by Crippen LogP contribution is 2.26. The Morgan fingerprint density at radius 3 is 2.40 bits per heavy atom. The molecule has 2 rings (SSSR count). The quantitative estimate of drug-likeness (QED) is 0.501. The number of nitrogen functional groups attached to an aromatic ring is 1. The Balaban J connectivity index is 2.27. The summed E-state index contributed by atoms with van der Waals surface area (Å²) in [4.78, 5) is 11.8. The van der Waals surface area contributed by atoms with Crippen molar-refractivity contribution in [3.8, 4) is 11.5 Å². The molecule has 2 aromatic carbocycles. The standard InChI is InChI=1S/C13H10F2N2O3/c14-7-4-8(15)10(5-9(7)16)17-13(20)6-1-2-11(18)12(19)3-6/h1-5,18-19H,16H2,(H,17,20). The average Bonchev–Trinajstić information content (AvgIpc) is 2.39. The number of phenols is 2. The Morgan fingerprint density at radius 1 is 1.05 bits per heavy atom. The minimum Gasteiger partial charge on any atom is -0.504 e. The van der Waals surface area contributed by atoms with Crippen molar-refractivity contribution in [3.63, 3.8) is 0 Å². The van der Waals surface area contributed by atoms with E-state index in [2.05, 4.69) is 5.32 Å². The van der Waals surface area contributed by atoms with Gasteiger partial charge in [0.15, 0.2) is 11.5 Å². The first kappa shape index (κ1) is 13.6. The molecule has 0 unspecified atom stereocenters. The summed E-state index contributed by atoms with van der Waals surface area (Å²) in [6, 6.07) is 4.85. The maximum absolute atomic E-state index is 13.5. The first-order valence-corrected chi connectivity index (χ1v) is 5.46. The van der Waals surface area contributed by atoms with Gasteiger partial charge in [0.25, 0.3) is 5.91 Å². The Labute approximate surface area is 112 Å². The van der Waals surface area contributed by atoms with Crippen LogP contribution in [0, 0.1) is 11.6 Å². The summed E-state index contributed by atoms with van der Waals surface area (Å²) in [5, 5.41) is 20.6. The fourth-order valence-corrected chi connectivity index (χ4v) is 1.52. The maximum atomic E-state index is 13.5. The fourth-order valence-electron chi connectivity index (χ4n) is 1.52. The van der Waals surface area contributed by atoms with Crippen LogP contribution in [0.15, 0.2) is 30.3 Å². The van der Waals surface area contributed by atoms with Crippen molar-refractivity contribution in [1.82, 2.24) is 0 Å². The zero-order valence-corrected chi connectivity index (χ0v) is 10.0. The molecular formula is C13H10F2N2O3. The largest absolute Gasteiger partial charge is 0.504 e. The van der Waals surface area contributed by atoms with Crippen molar-refractivity contribution in [3.05, 3.63) is 47.5 Å². The summed E-state index contributed by atoms with van der Waals surface area (Å²) >= 11 is 0. The lowest BCUT2D eigenvalue weighted by Gasteiger charge is -2.08. The number of rotatable bonds is 2. The van der Waals surface area contributed by atoms with E-state index in [0.29, 0.717) is 6.07 Å². The molecule has 0 aliphatic carbocycles. The number of phenolic OH excluding ortho intramolecular Hbond substituents is 2. The summed E-state index contributed by atoms with van der Waals surface area (Å²) in [5.74, 6) is -3.53. The average molecular weight is 280 g/mol. The Hall–Kier alpha value is -2.83. The number of hydrogen-bond donors (Lipinski definition) is 4. The molecule has 5 N–H and O–H groups in total. The highest BCUT2D eigenvalue weighted by Gasteiger charge is 2.13. The van der Waals surface area contributed by atoms with E-state index in [9.17, 15) is 18.7 Å². The Kier molecular flexibility index (Phi) is 3.43. The number of benzene rings is 2. The third kappa shape index (κ3) is 2.61. The second-order valence-corrected chi connectivity index (χ2v) is 4.01. The van der Waals surface area contributed by atoms with Crippen LogP contribution in [0.1, 0.15) is 10.4 Å². The zero-order valence-electron chi connectivity index (χ0n) is 10.0. The molecule has 5 nitrogen and oxygen atoms in total. The van der Waals surface area contributed by atoms with Crippen LogP contribution in [0.2, 0.25) is 0 Å². The monoisotopic (exact) mass is 280 g/mol. The van der Waals surface area contributed by atoms with E-state index in [1.165, 1.54) is 6.07 Å². The Bertz CT molecular complexity index is 690. The third-order valence-electron chi connectivity index (χ3n) is 2.57. The van der Waals surface area contributed by atoms with Crippen molar-refractivity contribution in [2.75, 3.05) is 11.1 Å². The van der Waals surface area contributed by atoms with Crippen LogP contribution in [-0.2, 0) is 0 Å². The second kappa shape index (κ2) is 5.04. The molecule has 20 heavy (non-hydrogen) atoms. The van der Waals surface area contributed by atoms with Crippen LogP contribution in [0.5, 0.6) is 11.5 Å². The lowest BCUT2D eigenvalue weighted by atomic mass is 10.1. The number of nitrogens with two attached hydrogens (primary N) is 1. The first-order chi connectivity index (χ1) is 9.38.